The molecule has 1 aromatic rings. The van der Waals surface area contributed by atoms with E-state index < -0.39 is 0 Å². The van der Waals surface area contributed by atoms with Gasteiger partial charge < -0.3 is 5.73 Å². The Morgan fingerprint density at radius 1 is 1.13 bits per heavy atom. The Morgan fingerprint density at radius 3 is 2.53 bits per heavy atom. The van der Waals surface area contributed by atoms with E-state index in [1.807, 2.05) is 6.07 Å². The van der Waals surface area contributed by atoms with Gasteiger partial charge >= 0.3 is 0 Å². The molecule has 0 aromatic carbocycles. The lowest BCUT2D eigenvalue weighted by molar-refractivity contribution is 0.100. The van der Waals surface area contributed by atoms with E-state index in [4.69, 9.17) is 5.73 Å². The van der Waals surface area contributed by atoms with Crippen LogP contribution in [0.25, 0.3) is 0 Å². The second-order valence-corrected chi connectivity index (χ2v) is 5.33. The first-order chi connectivity index (χ1) is 7.27. The van der Waals surface area contributed by atoms with Gasteiger partial charge in [0.25, 0.3) is 5.91 Å². The number of hydrogen-bond acceptors (Lipinski definition) is 2. The highest BCUT2D eigenvalue weighted by molar-refractivity contribution is 7.14. The Hall–Kier alpha value is -0.830. The third-order valence-corrected chi connectivity index (χ3v) is 4.24. The molecule has 3 heteroatoms. The lowest BCUT2D eigenvalue weighted by Gasteiger charge is -1.98. The van der Waals surface area contributed by atoms with Crippen LogP contribution in [-0.4, -0.2) is 5.91 Å². The minimum atomic E-state index is -0.274. The SMILES string of the molecule is NC(=O)c1cc2c(s1)CCCCCCC2. The lowest BCUT2D eigenvalue weighted by atomic mass is 10.1. The molecule has 0 saturated carbocycles. The molecule has 0 unspecified atom stereocenters. The molecule has 2 nitrogen and oxygen atoms in total. The second-order valence-electron chi connectivity index (χ2n) is 4.19. The van der Waals surface area contributed by atoms with Crippen molar-refractivity contribution in [3.8, 4) is 0 Å². The lowest BCUT2D eigenvalue weighted by Crippen LogP contribution is -2.08. The summed E-state index contributed by atoms with van der Waals surface area (Å²) in [6.07, 6.45) is 8.77. The van der Waals surface area contributed by atoms with Crippen molar-refractivity contribution in [1.29, 1.82) is 0 Å². The standard InChI is InChI=1S/C12H17NOS/c13-12(14)11-8-9-6-4-2-1-3-5-7-10(9)15-11/h8H,1-7H2,(H2,13,14). The summed E-state index contributed by atoms with van der Waals surface area (Å²) in [4.78, 5) is 13.2. The van der Waals surface area contributed by atoms with E-state index in [1.54, 1.807) is 11.3 Å². The van der Waals surface area contributed by atoms with Gasteiger partial charge in [-0.2, -0.15) is 0 Å². The average molecular weight is 223 g/mol. The van der Waals surface area contributed by atoms with E-state index in [9.17, 15) is 4.79 Å². The second kappa shape index (κ2) is 4.79. The van der Waals surface area contributed by atoms with E-state index in [2.05, 4.69) is 0 Å². The van der Waals surface area contributed by atoms with Gasteiger partial charge in [-0.25, -0.2) is 0 Å². The zero-order valence-corrected chi connectivity index (χ0v) is 9.74. The van der Waals surface area contributed by atoms with Crippen molar-refractivity contribution < 1.29 is 4.79 Å². The topological polar surface area (TPSA) is 43.1 Å². The van der Waals surface area contributed by atoms with Crippen molar-refractivity contribution in [1.82, 2.24) is 0 Å². The molecule has 0 aliphatic heterocycles. The highest BCUT2D eigenvalue weighted by Gasteiger charge is 2.13. The molecule has 0 saturated heterocycles. The highest BCUT2D eigenvalue weighted by Crippen LogP contribution is 2.27. The summed E-state index contributed by atoms with van der Waals surface area (Å²) in [5.74, 6) is -0.274. The minimum Gasteiger partial charge on any atom is -0.365 e. The number of hydrogen-bond donors (Lipinski definition) is 1. The van der Waals surface area contributed by atoms with Crippen LogP contribution >= 0.6 is 11.3 Å². The molecule has 0 radical (unpaired) electrons. The summed E-state index contributed by atoms with van der Waals surface area (Å²) >= 11 is 1.60. The molecule has 1 aliphatic carbocycles. The summed E-state index contributed by atoms with van der Waals surface area (Å²) in [6.45, 7) is 0. The van der Waals surface area contributed by atoms with Crippen LogP contribution in [0.1, 0.15) is 52.2 Å². The van der Waals surface area contributed by atoms with Crippen molar-refractivity contribution in [3.05, 3.63) is 21.4 Å². The zero-order valence-electron chi connectivity index (χ0n) is 8.92. The molecular weight excluding hydrogens is 206 g/mol. The molecule has 0 bridgehead atoms. The highest BCUT2D eigenvalue weighted by atomic mass is 32.1. The first kappa shape index (κ1) is 10.7. The molecule has 15 heavy (non-hydrogen) atoms. The molecule has 1 heterocycles. The fraction of sp³-hybridized carbons (Fsp3) is 0.583. The first-order valence-corrected chi connectivity index (χ1v) is 6.50. The van der Waals surface area contributed by atoms with Gasteiger partial charge in [0.05, 0.1) is 4.88 Å². The van der Waals surface area contributed by atoms with Crippen molar-refractivity contribution in [2.75, 3.05) is 0 Å². The van der Waals surface area contributed by atoms with Crippen LogP contribution in [0.4, 0.5) is 0 Å². The molecule has 82 valence electrons. The Balaban J connectivity index is 2.21. The predicted octanol–water partition coefficient (Wildman–Crippen LogP) is 2.90. The average Bonchev–Trinajstić information content (AvgIpc) is 2.61. The number of primary amides is 1. The van der Waals surface area contributed by atoms with Gasteiger partial charge in [0.2, 0.25) is 0 Å². The Kier molecular flexibility index (Phi) is 3.41. The molecule has 2 rings (SSSR count). The summed E-state index contributed by atoms with van der Waals surface area (Å²) < 4.78 is 0. The van der Waals surface area contributed by atoms with Crippen LogP contribution in [0.2, 0.25) is 0 Å². The predicted molar refractivity (Wildman–Crippen MR) is 63.3 cm³/mol. The van der Waals surface area contributed by atoms with Crippen molar-refractivity contribution >= 4 is 17.2 Å². The van der Waals surface area contributed by atoms with E-state index in [0.29, 0.717) is 0 Å². The Labute approximate surface area is 94.5 Å². The summed E-state index contributed by atoms with van der Waals surface area (Å²) in [5, 5.41) is 0. The first-order valence-electron chi connectivity index (χ1n) is 5.69. The fourth-order valence-corrected chi connectivity index (χ4v) is 3.25. The quantitative estimate of drug-likeness (QED) is 0.781. The van der Waals surface area contributed by atoms with Crippen molar-refractivity contribution in [2.24, 2.45) is 5.73 Å². The third-order valence-electron chi connectivity index (χ3n) is 2.99. The maximum Gasteiger partial charge on any atom is 0.258 e. The molecule has 1 amide bonds. The van der Waals surface area contributed by atoms with Gasteiger partial charge in [-0.05, 0) is 37.3 Å². The van der Waals surface area contributed by atoms with Gasteiger partial charge in [-0.3, -0.25) is 4.79 Å². The van der Waals surface area contributed by atoms with Gasteiger partial charge in [0.1, 0.15) is 0 Å². The zero-order chi connectivity index (χ0) is 10.7. The molecular formula is C12H17NOS. The number of thiophene rings is 1. The summed E-state index contributed by atoms with van der Waals surface area (Å²) in [5.41, 5.74) is 6.68. The minimum absolute atomic E-state index is 0.274. The number of fused-ring (bicyclic) bond motifs is 1. The number of nitrogens with two attached hydrogens (primary N) is 1. The van der Waals surface area contributed by atoms with Crippen LogP contribution in [-0.2, 0) is 12.8 Å². The summed E-state index contributed by atoms with van der Waals surface area (Å²) in [6, 6.07) is 2.01. The largest absolute Gasteiger partial charge is 0.365 e. The molecule has 1 aromatic heterocycles. The van der Waals surface area contributed by atoms with Gasteiger partial charge in [0.15, 0.2) is 0 Å². The maximum atomic E-state index is 11.1. The van der Waals surface area contributed by atoms with E-state index in [1.165, 1.54) is 42.5 Å². The monoisotopic (exact) mass is 223 g/mol. The van der Waals surface area contributed by atoms with Crippen LogP contribution < -0.4 is 5.73 Å². The Morgan fingerprint density at radius 2 is 1.80 bits per heavy atom. The molecule has 2 N–H and O–H groups in total. The van der Waals surface area contributed by atoms with Gasteiger partial charge in [-0.15, -0.1) is 11.3 Å². The molecule has 1 aliphatic rings. The van der Waals surface area contributed by atoms with Crippen LogP contribution in [0.15, 0.2) is 6.07 Å². The summed E-state index contributed by atoms with van der Waals surface area (Å²) in [7, 11) is 0. The van der Waals surface area contributed by atoms with Crippen molar-refractivity contribution in [2.45, 2.75) is 44.9 Å². The third kappa shape index (κ3) is 2.59. The Bertz CT molecular complexity index is 331. The van der Waals surface area contributed by atoms with Gasteiger partial charge in [0, 0.05) is 4.88 Å². The van der Waals surface area contributed by atoms with Crippen LogP contribution in [0.3, 0.4) is 0 Å². The molecule has 0 atom stereocenters. The molecule has 0 spiro atoms. The van der Waals surface area contributed by atoms with E-state index in [-0.39, 0.29) is 5.91 Å². The number of aryl methyl sites for hydroxylation is 2. The number of carbonyl (C=O) groups excluding carboxylic acids is 1. The normalized spacial score (nSPS) is 17.3. The van der Waals surface area contributed by atoms with E-state index in [0.717, 1.165) is 17.7 Å². The van der Waals surface area contributed by atoms with Crippen molar-refractivity contribution in [3.63, 3.8) is 0 Å². The van der Waals surface area contributed by atoms with Crippen LogP contribution in [0, 0.1) is 0 Å². The number of rotatable bonds is 1. The number of amides is 1. The molecule has 0 fully saturated rings. The maximum absolute atomic E-state index is 11.1. The van der Waals surface area contributed by atoms with E-state index >= 15 is 0 Å². The van der Waals surface area contributed by atoms with Crippen LogP contribution in [0.5, 0.6) is 0 Å². The van der Waals surface area contributed by atoms with Gasteiger partial charge in [-0.1, -0.05) is 19.3 Å². The number of carbonyl (C=O) groups is 1. The fourth-order valence-electron chi connectivity index (χ4n) is 2.14. The smallest absolute Gasteiger partial charge is 0.258 e.